The highest BCUT2D eigenvalue weighted by Crippen LogP contribution is 2.59. The number of nitrogens with zero attached hydrogens (tertiary/aromatic N) is 2. The minimum atomic E-state index is -3.85. The van der Waals surface area contributed by atoms with E-state index in [2.05, 4.69) is 96.5 Å². The Kier molecular flexibility index (Phi) is 12.6. The summed E-state index contributed by atoms with van der Waals surface area (Å²) in [7, 11) is -1.38. The van der Waals surface area contributed by atoms with Gasteiger partial charge in [0.25, 0.3) is 0 Å². The minimum Gasteiger partial charge on any atom is -0.372 e. The monoisotopic (exact) mass is 640 g/mol. The Morgan fingerprint density at radius 1 is 0.878 bits per heavy atom. The highest BCUT2D eigenvalue weighted by molar-refractivity contribution is 7.55. The molecule has 1 aliphatic carbocycles. The molecule has 0 saturated carbocycles. The van der Waals surface area contributed by atoms with E-state index in [1.54, 1.807) is 0 Å². The van der Waals surface area contributed by atoms with E-state index in [1.165, 1.54) is 19.9 Å². The summed E-state index contributed by atoms with van der Waals surface area (Å²) in [4.78, 5) is 4.39. The van der Waals surface area contributed by atoms with Crippen LogP contribution in [-0.2, 0) is 18.3 Å². The molecule has 0 aliphatic heterocycles. The largest absolute Gasteiger partial charge is 0.372 e. The maximum Gasteiger partial charge on any atom is 0.363 e. The van der Waals surface area contributed by atoms with Gasteiger partial charge >= 0.3 is 7.60 Å². The molecule has 0 aromatic heterocycles. The number of halogens is 3. The first-order valence-electron chi connectivity index (χ1n) is 13.7. The van der Waals surface area contributed by atoms with Crippen molar-refractivity contribution in [3.63, 3.8) is 0 Å². The number of hydrogen-bond donors (Lipinski definition) is 0. The lowest BCUT2D eigenvalue weighted by Gasteiger charge is -2.38. The Morgan fingerprint density at radius 2 is 1.41 bits per heavy atom. The van der Waals surface area contributed by atoms with E-state index in [9.17, 15) is 4.57 Å². The van der Waals surface area contributed by atoms with E-state index in [0.717, 1.165) is 35.4 Å². The van der Waals surface area contributed by atoms with Crippen molar-refractivity contribution in [2.75, 3.05) is 38.8 Å². The Hall–Kier alpha value is -1.60. The molecular formula is C31H40Cl3N2O4P. The molecule has 224 valence electrons. The Balaban J connectivity index is 1.93. The molecule has 41 heavy (non-hydrogen) atoms. The van der Waals surface area contributed by atoms with Crippen LogP contribution in [0.2, 0.25) is 0 Å². The van der Waals surface area contributed by atoms with Gasteiger partial charge in [-0.1, -0.05) is 108 Å². The third kappa shape index (κ3) is 8.28. The average Bonchev–Trinajstić information content (AvgIpc) is 2.98. The number of hydrogen-bond acceptors (Lipinski definition) is 6. The zero-order valence-electron chi connectivity index (χ0n) is 24.5. The van der Waals surface area contributed by atoms with Gasteiger partial charge in [0, 0.05) is 39.0 Å². The van der Waals surface area contributed by atoms with Gasteiger partial charge in [0.15, 0.2) is 0 Å². The predicted octanol–water partition coefficient (Wildman–Crippen LogP) is 8.70. The van der Waals surface area contributed by atoms with Crippen molar-refractivity contribution in [3.05, 3.63) is 95.6 Å². The van der Waals surface area contributed by atoms with Crippen molar-refractivity contribution in [2.45, 2.75) is 49.6 Å². The minimum absolute atomic E-state index is 0.110. The van der Waals surface area contributed by atoms with Gasteiger partial charge in [-0.2, -0.15) is 0 Å². The standard InChI is InChI=1S/C31H40Cl3N2O4P/c1-7-35(8-2)27-19-15-25(16-20-27)29(24-13-11-10-12-14-24)26-17-21-28(22-18-26)36(9-3)23(4)40-30(31(32,33)34)41(37,38-5)39-6/h10-23,28,30H,7-9H2,1-6H3. The number of anilines is 1. The maximum absolute atomic E-state index is 13.1. The van der Waals surface area contributed by atoms with Crippen molar-refractivity contribution in [2.24, 2.45) is 0 Å². The normalized spacial score (nSPS) is 17.1. The van der Waals surface area contributed by atoms with Crippen molar-refractivity contribution >= 4 is 53.7 Å². The van der Waals surface area contributed by atoms with Gasteiger partial charge in [-0.05, 0) is 61.7 Å². The van der Waals surface area contributed by atoms with Crippen LogP contribution in [0.4, 0.5) is 5.69 Å². The van der Waals surface area contributed by atoms with E-state index in [1.807, 2.05) is 19.9 Å². The molecule has 1 aliphatic rings. The third-order valence-electron chi connectivity index (χ3n) is 7.20. The number of alkyl halides is 3. The van der Waals surface area contributed by atoms with E-state index in [4.69, 9.17) is 48.6 Å². The number of rotatable bonds is 13. The summed E-state index contributed by atoms with van der Waals surface area (Å²) in [6, 6.07) is 19.0. The number of likely N-dealkylation sites (N-methyl/N-ethyl adjacent to an activating group) is 1. The maximum atomic E-state index is 13.1. The molecule has 0 saturated heterocycles. The first-order chi connectivity index (χ1) is 19.5. The summed E-state index contributed by atoms with van der Waals surface area (Å²) in [6.07, 6.45) is 7.90. The van der Waals surface area contributed by atoms with E-state index in [0.29, 0.717) is 6.54 Å². The summed E-state index contributed by atoms with van der Waals surface area (Å²) in [5, 5.41) is 0. The van der Waals surface area contributed by atoms with Crippen LogP contribution >= 0.6 is 42.4 Å². The fraction of sp³-hybridized carbons (Fsp3) is 0.419. The average molecular weight is 642 g/mol. The Morgan fingerprint density at radius 3 is 1.88 bits per heavy atom. The van der Waals surface area contributed by atoms with Gasteiger partial charge in [-0.15, -0.1) is 0 Å². The van der Waals surface area contributed by atoms with Crippen molar-refractivity contribution in [1.82, 2.24) is 4.90 Å². The predicted molar refractivity (Wildman–Crippen MR) is 173 cm³/mol. The molecule has 2 aromatic carbocycles. The summed E-state index contributed by atoms with van der Waals surface area (Å²) in [6.45, 7) is 10.7. The smallest absolute Gasteiger partial charge is 0.363 e. The third-order valence-corrected chi connectivity index (χ3v) is 10.4. The fourth-order valence-electron chi connectivity index (χ4n) is 5.02. The lowest BCUT2D eigenvalue weighted by atomic mass is 9.90. The highest BCUT2D eigenvalue weighted by atomic mass is 35.6. The van der Waals surface area contributed by atoms with Crippen molar-refractivity contribution in [1.29, 1.82) is 0 Å². The molecule has 0 fully saturated rings. The Labute approximate surface area is 260 Å². The first kappa shape index (κ1) is 33.9. The summed E-state index contributed by atoms with van der Waals surface area (Å²) >= 11 is 18.5. The molecular weight excluding hydrogens is 602 g/mol. The van der Waals surface area contributed by atoms with Gasteiger partial charge in [0.05, 0.1) is 0 Å². The quantitative estimate of drug-likeness (QED) is 0.124. The zero-order valence-corrected chi connectivity index (χ0v) is 27.6. The van der Waals surface area contributed by atoms with E-state index >= 15 is 0 Å². The van der Waals surface area contributed by atoms with Gasteiger partial charge in [0.2, 0.25) is 9.64 Å². The highest BCUT2D eigenvalue weighted by Gasteiger charge is 2.50. The molecule has 0 bridgehead atoms. The second-order valence-corrected chi connectivity index (χ2v) is 14.1. The van der Waals surface area contributed by atoms with Gasteiger partial charge < -0.3 is 18.7 Å². The van der Waals surface area contributed by atoms with Crippen molar-refractivity contribution in [3.8, 4) is 0 Å². The molecule has 2 unspecified atom stereocenters. The SMILES string of the molecule is CCN(CC)c1ccc(C(=C2C=CC(N(CC)C(C)OC(C(Cl)(Cl)Cl)P(=O)(OC)OC)C=C2)c2ccccc2)cc1. The fourth-order valence-corrected chi connectivity index (χ4v) is 7.46. The van der Waals surface area contributed by atoms with Crippen LogP contribution in [0.15, 0.2) is 84.5 Å². The van der Waals surface area contributed by atoms with E-state index < -0.39 is 23.5 Å². The van der Waals surface area contributed by atoms with Crippen LogP contribution in [0.25, 0.3) is 5.57 Å². The molecule has 10 heteroatoms. The van der Waals surface area contributed by atoms with Crippen LogP contribution in [0, 0.1) is 0 Å². The molecule has 3 rings (SSSR count). The molecule has 6 nitrogen and oxygen atoms in total. The van der Waals surface area contributed by atoms with Crippen molar-refractivity contribution < 1.29 is 18.3 Å². The molecule has 2 atom stereocenters. The molecule has 0 spiro atoms. The molecule has 0 amide bonds. The molecule has 0 N–H and O–H groups in total. The van der Waals surface area contributed by atoms with Crippen LogP contribution in [-0.4, -0.2) is 60.7 Å². The van der Waals surface area contributed by atoms with E-state index in [-0.39, 0.29) is 6.04 Å². The number of allylic oxidation sites excluding steroid dienone is 3. The van der Waals surface area contributed by atoms with Crippen LogP contribution in [0.1, 0.15) is 38.8 Å². The zero-order chi connectivity index (χ0) is 30.2. The summed E-state index contributed by atoms with van der Waals surface area (Å²) < 4.78 is 27.3. The van der Waals surface area contributed by atoms with Gasteiger partial charge in [-0.25, -0.2) is 0 Å². The first-order valence-corrected chi connectivity index (χ1v) is 16.5. The second kappa shape index (κ2) is 15.2. The van der Waals surface area contributed by atoms with Crippen LogP contribution < -0.4 is 4.90 Å². The Bertz CT molecular complexity index is 1230. The lowest BCUT2D eigenvalue weighted by Crippen LogP contribution is -2.45. The number of ether oxygens (including phenoxy) is 1. The lowest BCUT2D eigenvalue weighted by molar-refractivity contribution is -0.0716. The molecule has 0 radical (unpaired) electrons. The topological polar surface area (TPSA) is 51.2 Å². The summed E-state index contributed by atoms with van der Waals surface area (Å²) in [5.41, 5.74) is 5.72. The van der Waals surface area contributed by atoms with Crippen LogP contribution in [0.3, 0.4) is 0 Å². The molecule has 2 aromatic rings. The van der Waals surface area contributed by atoms with Gasteiger partial charge in [0.1, 0.15) is 6.23 Å². The molecule has 0 heterocycles. The summed E-state index contributed by atoms with van der Waals surface area (Å²) in [5.74, 6) is -1.42. The van der Waals surface area contributed by atoms with Crippen LogP contribution in [0.5, 0.6) is 0 Å². The second-order valence-electron chi connectivity index (χ2n) is 9.49. The van der Waals surface area contributed by atoms with Gasteiger partial charge in [-0.3, -0.25) is 9.46 Å². The number of benzene rings is 2.